The number of hydrogen-bond donors (Lipinski definition) is 0. The van der Waals surface area contributed by atoms with Crippen LogP contribution in [0.2, 0.25) is 0 Å². The van der Waals surface area contributed by atoms with Crippen molar-refractivity contribution in [1.29, 1.82) is 0 Å². The van der Waals surface area contributed by atoms with Gasteiger partial charge in [-0.15, -0.1) is 0 Å². The summed E-state index contributed by atoms with van der Waals surface area (Å²) in [6.45, 7) is 14.2. The lowest BCUT2D eigenvalue weighted by atomic mass is 9.92. The molecule has 0 N–H and O–H groups in total. The summed E-state index contributed by atoms with van der Waals surface area (Å²) in [6, 6.07) is 0.268. The lowest BCUT2D eigenvalue weighted by Crippen LogP contribution is -2.41. The number of unbranched alkanes of at least 4 members (excludes halogenated alkanes) is 25. The van der Waals surface area contributed by atoms with Crippen LogP contribution in [0.25, 0.3) is 0 Å². The van der Waals surface area contributed by atoms with Gasteiger partial charge in [0.2, 0.25) is 5.91 Å². The maximum Gasteiger partial charge on any atom is 0.330 e. The molecule has 0 aromatic rings. The second kappa shape index (κ2) is 52.4. The van der Waals surface area contributed by atoms with Gasteiger partial charge in [-0.25, -0.2) is 4.79 Å². The van der Waals surface area contributed by atoms with Crippen molar-refractivity contribution in [3.05, 3.63) is 12.2 Å². The number of rotatable bonds is 54. The first-order chi connectivity index (χ1) is 33.7. The summed E-state index contributed by atoms with van der Waals surface area (Å²) < 4.78 is 11.5. The largest absolute Gasteiger partial charge is 0.466 e. The maximum absolute atomic E-state index is 14.0. The second-order valence-electron chi connectivity index (χ2n) is 21.7. The molecule has 0 aliphatic heterocycles. The quantitative estimate of drug-likeness (QED) is 0.0343. The average Bonchev–Trinajstić information content (AvgIpc) is 3.33. The smallest absolute Gasteiger partial charge is 0.330 e. The van der Waals surface area contributed by atoms with Gasteiger partial charge in [0, 0.05) is 31.5 Å². The number of amides is 1. The van der Waals surface area contributed by atoms with Crippen LogP contribution < -0.4 is 0 Å². The van der Waals surface area contributed by atoms with E-state index < -0.39 is 0 Å². The number of allylic oxidation sites excluding steroid dienone is 1. The van der Waals surface area contributed by atoms with Crippen molar-refractivity contribution in [3.63, 3.8) is 0 Å². The van der Waals surface area contributed by atoms with Crippen LogP contribution in [0.1, 0.15) is 311 Å². The molecule has 0 aromatic carbocycles. The van der Waals surface area contributed by atoms with Gasteiger partial charge in [-0.05, 0) is 90.3 Å². The zero-order chi connectivity index (χ0) is 50.7. The number of hydrogen-bond acceptors (Lipinski definition) is 6. The molecule has 408 valence electrons. The minimum Gasteiger partial charge on any atom is -0.466 e. The first-order valence-corrected chi connectivity index (χ1v) is 30.6. The highest BCUT2D eigenvalue weighted by Gasteiger charge is 2.23. The third-order valence-electron chi connectivity index (χ3n) is 14.8. The molecule has 7 nitrogen and oxygen atoms in total. The topological polar surface area (TPSA) is 76.1 Å². The van der Waals surface area contributed by atoms with Gasteiger partial charge in [-0.2, -0.15) is 0 Å². The highest BCUT2D eigenvalue weighted by Crippen LogP contribution is 2.25. The van der Waals surface area contributed by atoms with Gasteiger partial charge in [0.05, 0.1) is 13.2 Å². The third kappa shape index (κ3) is 45.7. The molecule has 7 heteroatoms. The molecule has 0 fully saturated rings. The van der Waals surface area contributed by atoms with E-state index in [0.29, 0.717) is 43.8 Å². The minimum absolute atomic E-state index is 0.0280. The van der Waals surface area contributed by atoms with Crippen LogP contribution >= 0.6 is 0 Å². The van der Waals surface area contributed by atoms with Crippen LogP contribution in [0.5, 0.6) is 0 Å². The highest BCUT2D eigenvalue weighted by atomic mass is 16.5. The summed E-state index contributed by atoms with van der Waals surface area (Å²) in [5.74, 6) is 1.44. The van der Waals surface area contributed by atoms with E-state index in [2.05, 4.69) is 58.5 Å². The van der Waals surface area contributed by atoms with E-state index in [1.165, 1.54) is 180 Å². The van der Waals surface area contributed by atoms with Crippen molar-refractivity contribution in [2.75, 3.05) is 40.4 Å². The Morgan fingerprint density at radius 3 is 1.30 bits per heavy atom. The fourth-order valence-corrected chi connectivity index (χ4v) is 10.2. The van der Waals surface area contributed by atoms with Gasteiger partial charge in [0.1, 0.15) is 0 Å². The van der Waals surface area contributed by atoms with Crippen LogP contribution in [-0.4, -0.2) is 74.1 Å². The van der Waals surface area contributed by atoms with E-state index in [9.17, 15) is 14.4 Å². The Balaban J connectivity index is 5.20. The molecule has 0 saturated carbocycles. The Hall–Kier alpha value is -1.89. The monoisotopic (exact) mass is 973 g/mol. The molecular weight excluding hydrogens is 853 g/mol. The van der Waals surface area contributed by atoms with E-state index in [0.717, 1.165) is 96.6 Å². The summed E-state index contributed by atoms with van der Waals surface area (Å²) in [4.78, 5) is 43.8. The molecule has 1 unspecified atom stereocenters. The van der Waals surface area contributed by atoms with Crippen molar-refractivity contribution in [1.82, 2.24) is 9.80 Å². The summed E-state index contributed by atoms with van der Waals surface area (Å²) in [5, 5.41) is 0. The van der Waals surface area contributed by atoms with Gasteiger partial charge in [0.25, 0.3) is 0 Å². The Morgan fingerprint density at radius 1 is 0.406 bits per heavy atom. The van der Waals surface area contributed by atoms with Crippen LogP contribution in [0, 0.1) is 11.8 Å². The Bertz CT molecular complexity index is 1120. The molecule has 0 saturated heterocycles. The Morgan fingerprint density at radius 2 is 0.812 bits per heavy atom. The predicted octanol–water partition coefficient (Wildman–Crippen LogP) is 18.5. The molecule has 0 aliphatic carbocycles. The molecule has 0 radical (unpaired) electrons. The molecule has 0 heterocycles. The van der Waals surface area contributed by atoms with Gasteiger partial charge in [0.15, 0.2) is 0 Å². The second-order valence-corrected chi connectivity index (χ2v) is 21.7. The van der Waals surface area contributed by atoms with Gasteiger partial charge in [-0.3, -0.25) is 9.59 Å². The van der Waals surface area contributed by atoms with Crippen LogP contribution in [0.15, 0.2) is 12.2 Å². The van der Waals surface area contributed by atoms with Crippen LogP contribution in [0.3, 0.4) is 0 Å². The fraction of sp³-hybridized carbons (Fsp3) is 0.919. The molecular formula is C62H120N2O5. The Kier molecular flexibility index (Phi) is 51.0. The summed E-state index contributed by atoms with van der Waals surface area (Å²) in [7, 11) is 4.18. The number of esters is 2. The molecule has 0 aromatic heterocycles. The molecule has 0 bridgehead atoms. The minimum atomic E-state index is -0.201. The molecule has 0 rings (SSSR count). The van der Waals surface area contributed by atoms with E-state index in [1.807, 2.05) is 6.08 Å². The summed E-state index contributed by atoms with van der Waals surface area (Å²) >= 11 is 0. The van der Waals surface area contributed by atoms with E-state index in [4.69, 9.17) is 9.47 Å². The summed E-state index contributed by atoms with van der Waals surface area (Å²) in [6.07, 6.45) is 54.1. The van der Waals surface area contributed by atoms with E-state index in [1.54, 1.807) is 6.08 Å². The number of carbonyl (C=O) groups excluding carboxylic acids is 3. The summed E-state index contributed by atoms with van der Waals surface area (Å²) in [5.41, 5.74) is 0. The zero-order valence-corrected chi connectivity index (χ0v) is 47.6. The van der Waals surface area contributed by atoms with Gasteiger partial charge < -0.3 is 19.3 Å². The first kappa shape index (κ1) is 67.1. The SMILES string of the molecule is CCCCCCCCCCC(CCCCC=CC(=O)OCCC(CCCCCC)CCCCCC)N(CCCCCCCC(=O)OCCC(CCCCCC)CCCCCC)C(=O)CCCN(C)C. The highest BCUT2D eigenvalue weighted by molar-refractivity contribution is 5.81. The van der Waals surface area contributed by atoms with Crippen molar-refractivity contribution in [2.24, 2.45) is 11.8 Å². The molecule has 1 amide bonds. The van der Waals surface area contributed by atoms with E-state index >= 15 is 0 Å². The normalized spacial score (nSPS) is 12.3. The Labute approximate surface area is 431 Å². The molecule has 0 aliphatic rings. The predicted molar refractivity (Wildman–Crippen MR) is 299 cm³/mol. The lowest BCUT2D eigenvalue weighted by molar-refractivity contribution is -0.144. The van der Waals surface area contributed by atoms with Crippen molar-refractivity contribution in [3.8, 4) is 0 Å². The van der Waals surface area contributed by atoms with Gasteiger partial charge >= 0.3 is 11.9 Å². The molecule has 69 heavy (non-hydrogen) atoms. The maximum atomic E-state index is 14.0. The number of ether oxygens (including phenoxy) is 2. The lowest BCUT2D eigenvalue weighted by Gasteiger charge is -2.33. The standard InChI is InChI=1S/C62H120N2O5/c1-8-13-18-23-24-25-27-36-46-59(47-37-29-30-39-50-62(67)69-56-52-58(44-34-21-16-11-4)45-35-22-17-12-5)64(60(65)48-41-53-63(6)7)54-40-31-26-28-38-49-61(66)68-55-51-57(42-32-19-14-9-2)43-33-20-15-10-3/h39,50,57-59H,8-38,40-49,51-56H2,1-7H3. The van der Waals surface area contributed by atoms with Gasteiger partial charge in [-0.1, -0.05) is 246 Å². The number of carbonyl (C=O) groups is 3. The van der Waals surface area contributed by atoms with Crippen molar-refractivity contribution < 1.29 is 23.9 Å². The molecule has 0 spiro atoms. The number of nitrogens with zero attached hydrogens (tertiary/aromatic N) is 2. The average molecular weight is 974 g/mol. The van der Waals surface area contributed by atoms with Crippen molar-refractivity contribution >= 4 is 17.8 Å². The third-order valence-corrected chi connectivity index (χ3v) is 14.8. The fourth-order valence-electron chi connectivity index (χ4n) is 10.2. The van der Waals surface area contributed by atoms with Crippen molar-refractivity contribution in [2.45, 2.75) is 317 Å². The van der Waals surface area contributed by atoms with Crippen LogP contribution in [0.4, 0.5) is 0 Å². The van der Waals surface area contributed by atoms with Crippen LogP contribution in [-0.2, 0) is 23.9 Å². The van der Waals surface area contributed by atoms with E-state index in [-0.39, 0.29) is 18.0 Å². The zero-order valence-electron chi connectivity index (χ0n) is 47.6. The first-order valence-electron chi connectivity index (χ1n) is 30.6. The molecule has 1 atom stereocenters.